The Hall–Kier alpha value is -1.79. The smallest absolute Gasteiger partial charge is 0.253 e. The van der Waals surface area contributed by atoms with E-state index in [1.807, 2.05) is 4.90 Å². The molecule has 1 aromatic rings. The van der Waals surface area contributed by atoms with Crippen LogP contribution in [0.4, 0.5) is 5.69 Å². The van der Waals surface area contributed by atoms with Gasteiger partial charge in [-0.2, -0.15) is 0 Å². The van der Waals surface area contributed by atoms with E-state index in [1.54, 1.807) is 25.3 Å². The molecule has 0 radical (unpaired) electrons. The number of amides is 2. The van der Waals surface area contributed by atoms with Gasteiger partial charge >= 0.3 is 0 Å². The summed E-state index contributed by atoms with van der Waals surface area (Å²) in [6, 6.07) is 5.27. The van der Waals surface area contributed by atoms with Crippen molar-refractivity contribution in [2.45, 2.75) is 39.0 Å². The molecule has 0 saturated carbocycles. The number of anilines is 1. The van der Waals surface area contributed by atoms with E-state index in [1.165, 1.54) is 0 Å². The first-order valence-electron chi connectivity index (χ1n) is 10.1. The highest BCUT2D eigenvalue weighted by Crippen LogP contribution is 2.29. The number of methoxy groups -OCH3 is 1. The molecule has 2 aliphatic rings. The predicted octanol–water partition coefficient (Wildman–Crippen LogP) is 3.32. The van der Waals surface area contributed by atoms with Crippen LogP contribution >= 0.6 is 12.4 Å². The number of piperidine rings is 1. The number of rotatable bonds is 6. The average molecular weight is 410 g/mol. The zero-order valence-electron chi connectivity index (χ0n) is 16.8. The van der Waals surface area contributed by atoms with Gasteiger partial charge in [-0.25, -0.2) is 0 Å². The minimum Gasteiger partial charge on any atom is -0.495 e. The fourth-order valence-electron chi connectivity index (χ4n) is 4.12. The van der Waals surface area contributed by atoms with E-state index < -0.39 is 0 Å². The van der Waals surface area contributed by atoms with Gasteiger partial charge in [0, 0.05) is 25.1 Å². The summed E-state index contributed by atoms with van der Waals surface area (Å²) >= 11 is 0. The van der Waals surface area contributed by atoms with Gasteiger partial charge in [0.05, 0.1) is 12.8 Å². The zero-order chi connectivity index (χ0) is 19.2. The molecule has 3 rings (SSSR count). The molecule has 1 unspecified atom stereocenters. The summed E-state index contributed by atoms with van der Waals surface area (Å²) in [7, 11) is 1.57. The Balaban J connectivity index is 0.00000280. The van der Waals surface area contributed by atoms with Crippen molar-refractivity contribution in [1.29, 1.82) is 0 Å². The molecule has 28 heavy (non-hydrogen) atoms. The van der Waals surface area contributed by atoms with Crippen molar-refractivity contribution in [3.8, 4) is 5.75 Å². The maximum Gasteiger partial charge on any atom is 0.253 e. The lowest BCUT2D eigenvalue weighted by Gasteiger charge is -2.28. The number of carbonyl (C=O) groups is 2. The average Bonchev–Trinajstić information content (AvgIpc) is 3.22. The Labute approximate surface area is 173 Å². The third-order valence-electron chi connectivity index (χ3n) is 5.81. The summed E-state index contributed by atoms with van der Waals surface area (Å²) in [6.45, 7) is 5.83. The van der Waals surface area contributed by atoms with Crippen molar-refractivity contribution in [2.75, 3.05) is 38.6 Å². The van der Waals surface area contributed by atoms with Crippen LogP contribution in [-0.2, 0) is 4.79 Å². The molecule has 156 valence electrons. The van der Waals surface area contributed by atoms with Crippen LogP contribution in [0, 0.1) is 11.8 Å². The van der Waals surface area contributed by atoms with E-state index in [0.29, 0.717) is 35.3 Å². The van der Waals surface area contributed by atoms with Crippen LogP contribution in [0.3, 0.4) is 0 Å². The number of likely N-dealkylation sites (tertiary alicyclic amines) is 1. The molecular formula is C21H32ClN3O3. The van der Waals surface area contributed by atoms with Crippen LogP contribution < -0.4 is 15.4 Å². The highest BCUT2D eigenvalue weighted by atomic mass is 35.5. The molecule has 0 bridgehead atoms. The third-order valence-corrected chi connectivity index (χ3v) is 5.81. The topological polar surface area (TPSA) is 70.7 Å². The van der Waals surface area contributed by atoms with Crippen LogP contribution in [0.25, 0.3) is 0 Å². The van der Waals surface area contributed by atoms with Crippen molar-refractivity contribution < 1.29 is 14.3 Å². The molecule has 0 aliphatic carbocycles. The number of ether oxygens (including phenoxy) is 1. The number of nitrogens with one attached hydrogen (secondary N) is 2. The first-order chi connectivity index (χ1) is 13.1. The SMILES string of the molecule is COc1ccc(C(=O)N2CCCC2)cc1NC(=O)CC(C)C1CCNCC1.Cl. The Morgan fingerprint density at radius 3 is 2.57 bits per heavy atom. The quantitative estimate of drug-likeness (QED) is 0.756. The lowest BCUT2D eigenvalue weighted by Crippen LogP contribution is -2.32. The summed E-state index contributed by atoms with van der Waals surface area (Å²) in [4.78, 5) is 27.1. The van der Waals surface area contributed by atoms with Crippen LogP contribution in [-0.4, -0.2) is 50.0 Å². The molecule has 2 aliphatic heterocycles. The van der Waals surface area contributed by atoms with Crippen LogP contribution in [0.5, 0.6) is 5.75 Å². The Morgan fingerprint density at radius 1 is 1.25 bits per heavy atom. The highest BCUT2D eigenvalue weighted by molar-refractivity contribution is 5.98. The number of hydrogen-bond acceptors (Lipinski definition) is 4. The Kier molecular flexibility index (Phi) is 8.58. The summed E-state index contributed by atoms with van der Waals surface area (Å²) in [5.41, 5.74) is 1.17. The fraction of sp³-hybridized carbons (Fsp3) is 0.619. The zero-order valence-corrected chi connectivity index (χ0v) is 17.6. The van der Waals surface area contributed by atoms with Gasteiger partial charge in [-0.3, -0.25) is 9.59 Å². The van der Waals surface area contributed by atoms with E-state index >= 15 is 0 Å². The van der Waals surface area contributed by atoms with Crippen LogP contribution in [0.1, 0.15) is 49.4 Å². The second kappa shape index (κ2) is 10.7. The van der Waals surface area contributed by atoms with E-state index in [-0.39, 0.29) is 24.2 Å². The first-order valence-corrected chi connectivity index (χ1v) is 10.1. The summed E-state index contributed by atoms with van der Waals surface area (Å²) in [5, 5.41) is 6.33. The number of hydrogen-bond donors (Lipinski definition) is 2. The van der Waals surface area contributed by atoms with Gasteiger partial charge in [0.1, 0.15) is 5.75 Å². The summed E-state index contributed by atoms with van der Waals surface area (Å²) in [5.74, 6) is 1.50. The van der Waals surface area contributed by atoms with Gasteiger partial charge in [0.25, 0.3) is 5.91 Å². The maximum absolute atomic E-state index is 12.6. The van der Waals surface area contributed by atoms with E-state index in [9.17, 15) is 9.59 Å². The number of nitrogens with zero attached hydrogens (tertiary/aromatic N) is 1. The van der Waals surface area contributed by atoms with Crippen molar-refractivity contribution in [3.63, 3.8) is 0 Å². The molecule has 2 saturated heterocycles. The molecule has 6 nitrogen and oxygen atoms in total. The van der Waals surface area contributed by atoms with Gasteiger partial charge in [-0.1, -0.05) is 6.92 Å². The molecule has 0 spiro atoms. The number of halogens is 1. The molecule has 1 aromatic carbocycles. The lowest BCUT2D eigenvalue weighted by atomic mass is 9.84. The number of benzene rings is 1. The molecule has 0 aromatic heterocycles. The van der Waals surface area contributed by atoms with Crippen molar-refractivity contribution in [1.82, 2.24) is 10.2 Å². The van der Waals surface area contributed by atoms with Gasteiger partial charge in [0.15, 0.2) is 0 Å². The van der Waals surface area contributed by atoms with E-state index in [4.69, 9.17) is 4.74 Å². The molecule has 7 heteroatoms. The molecular weight excluding hydrogens is 378 g/mol. The Morgan fingerprint density at radius 2 is 1.93 bits per heavy atom. The second-order valence-corrected chi connectivity index (χ2v) is 7.73. The van der Waals surface area contributed by atoms with Gasteiger partial charge in [-0.15, -0.1) is 12.4 Å². The van der Waals surface area contributed by atoms with Crippen molar-refractivity contribution in [2.24, 2.45) is 11.8 Å². The highest BCUT2D eigenvalue weighted by Gasteiger charge is 2.24. The Bertz CT molecular complexity index is 671. The van der Waals surface area contributed by atoms with Crippen LogP contribution in [0.15, 0.2) is 18.2 Å². The minimum atomic E-state index is -0.0231. The standard InChI is InChI=1S/C21H31N3O3.ClH/c1-15(16-7-9-22-10-8-16)13-20(25)23-18-14-17(5-6-19(18)27-2)21(26)24-11-3-4-12-24;/h5-6,14-16,22H,3-4,7-13H2,1-2H3,(H,23,25);1H. The fourth-order valence-corrected chi connectivity index (χ4v) is 4.12. The van der Waals surface area contributed by atoms with Crippen molar-refractivity contribution in [3.05, 3.63) is 23.8 Å². The molecule has 1 atom stereocenters. The second-order valence-electron chi connectivity index (χ2n) is 7.73. The summed E-state index contributed by atoms with van der Waals surface area (Å²) < 4.78 is 5.38. The van der Waals surface area contributed by atoms with Gasteiger partial charge < -0.3 is 20.3 Å². The monoisotopic (exact) mass is 409 g/mol. The van der Waals surface area contributed by atoms with Gasteiger partial charge in [0.2, 0.25) is 5.91 Å². The maximum atomic E-state index is 12.6. The van der Waals surface area contributed by atoms with E-state index in [2.05, 4.69) is 17.6 Å². The molecule has 2 amide bonds. The molecule has 2 fully saturated rings. The predicted molar refractivity (Wildman–Crippen MR) is 113 cm³/mol. The minimum absolute atomic E-state index is 0. The van der Waals surface area contributed by atoms with Crippen LogP contribution in [0.2, 0.25) is 0 Å². The number of carbonyl (C=O) groups excluding carboxylic acids is 2. The third kappa shape index (κ3) is 5.61. The lowest BCUT2D eigenvalue weighted by molar-refractivity contribution is -0.117. The van der Waals surface area contributed by atoms with E-state index in [0.717, 1.165) is 51.9 Å². The van der Waals surface area contributed by atoms with Gasteiger partial charge in [-0.05, 0) is 68.8 Å². The largest absolute Gasteiger partial charge is 0.495 e. The van der Waals surface area contributed by atoms with Crippen molar-refractivity contribution >= 4 is 29.9 Å². The molecule has 2 heterocycles. The summed E-state index contributed by atoms with van der Waals surface area (Å²) in [6.07, 6.45) is 4.84. The molecule has 2 N–H and O–H groups in total. The normalized spacial score (nSPS) is 18.3. The first kappa shape index (κ1) is 22.5.